The molecule has 0 unspecified atom stereocenters. The number of piperidine rings is 1. The minimum absolute atomic E-state index is 0.349. The molecule has 4 heteroatoms. The maximum atomic E-state index is 11.9. The molecule has 2 rings (SSSR count). The van der Waals surface area contributed by atoms with E-state index in [1.807, 2.05) is 16.7 Å². The van der Waals surface area contributed by atoms with Crippen molar-refractivity contribution in [2.45, 2.75) is 19.3 Å². The van der Waals surface area contributed by atoms with Crippen LogP contribution in [0.1, 0.15) is 19.3 Å². The van der Waals surface area contributed by atoms with E-state index in [0.717, 1.165) is 26.2 Å². The Hall–Kier alpha value is -0.220. The Labute approximate surface area is 96.2 Å². The van der Waals surface area contributed by atoms with Crippen molar-refractivity contribution >= 4 is 17.7 Å². The molecule has 0 bridgehead atoms. The van der Waals surface area contributed by atoms with E-state index in [1.54, 1.807) is 0 Å². The van der Waals surface area contributed by atoms with Gasteiger partial charge in [0.15, 0.2) is 0 Å². The normalized spacial score (nSPS) is 24.1. The summed E-state index contributed by atoms with van der Waals surface area (Å²) < 4.78 is 0. The Morgan fingerprint density at radius 2 is 1.67 bits per heavy atom. The third kappa shape index (κ3) is 3.38. The monoisotopic (exact) mass is 228 g/mol. The first-order chi connectivity index (χ1) is 7.36. The highest BCUT2D eigenvalue weighted by molar-refractivity contribution is 7.99. The Morgan fingerprint density at radius 1 is 1.00 bits per heavy atom. The SMILES string of the molecule is O=C(CN1CCSCC1)N1CCCCC1. The van der Waals surface area contributed by atoms with Gasteiger partial charge >= 0.3 is 0 Å². The Bertz CT molecular complexity index is 211. The molecular formula is C11H20N2OS. The van der Waals surface area contributed by atoms with Crippen molar-refractivity contribution in [1.29, 1.82) is 0 Å². The molecule has 1 amide bonds. The molecule has 2 saturated heterocycles. The molecule has 2 heterocycles. The lowest BCUT2D eigenvalue weighted by Crippen LogP contribution is -2.45. The summed E-state index contributed by atoms with van der Waals surface area (Å²) in [5, 5.41) is 0. The number of nitrogens with zero attached hydrogens (tertiary/aromatic N) is 2. The lowest BCUT2D eigenvalue weighted by atomic mass is 10.1. The number of carbonyl (C=O) groups excluding carboxylic acids is 1. The van der Waals surface area contributed by atoms with Crippen molar-refractivity contribution in [2.24, 2.45) is 0 Å². The van der Waals surface area contributed by atoms with Crippen LogP contribution in [0, 0.1) is 0 Å². The van der Waals surface area contributed by atoms with E-state index in [-0.39, 0.29) is 0 Å². The summed E-state index contributed by atoms with van der Waals surface area (Å²) in [5.41, 5.74) is 0. The van der Waals surface area contributed by atoms with Gasteiger partial charge in [0.25, 0.3) is 0 Å². The van der Waals surface area contributed by atoms with E-state index in [2.05, 4.69) is 4.90 Å². The largest absolute Gasteiger partial charge is 0.342 e. The topological polar surface area (TPSA) is 23.6 Å². The Kier molecular flexibility index (Phi) is 4.32. The van der Waals surface area contributed by atoms with Crippen molar-refractivity contribution in [3.05, 3.63) is 0 Å². The highest BCUT2D eigenvalue weighted by Gasteiger charge is 2.20. The van der Waals surface area contributed by atoms with Crippen LogP contribution in [-0.4, -0.2) is 59.9 Å². The minimum atomic E-state index is 0.349. The highest BCUT2D eigenvalue weighted by Crippen LogP contribution is 2.12. The second-order valence-electron chi connectivity index (χ2n) is 4.33. The summed E-state index contributed by atoms with van der Waals surface area (Å²) in [4.78, 5) is 16.3. The number of rotatable bonds is 2. The van der Waals surface area contributed by atoms with Gasteiger partial charge in [-0.3, -0.25) is 9.69 Å². The van der Waals surface area contributed by atoms with Crippen molar-refractivity contribution in [3.63, 3.8) is 0 Å². The first-order valence-corrected chi connectivity index (χ1v) is 7.09. The molecule has 0 N–H and O–H groups in total. The number of carbonyl (C=O) groups is 1. The van der Waals surface area contributed by atoms with E-state index in [1.165, 1.54) is 30.8 Å². The number of thioether (sulfide) groups is 1. The van der Waals surface area contributed by atoms with Gasteiger partial charge in [0, 0.05) is 37.7 Å². The van der Waals surface area contributed by atoms with Crippen molar-refractivity contribution in [2.75, 3.05) is 44.2 Å². The lowest BCUT2D eigenvalue weighted by Gasteiger charge is -2.31. The quantitative estimate of drug-likeness (QED) is 0.706. The molecule has 2 aliphatic heterocycles. The fraction of sp³-hybridized carbons (Fsp3) is 0.909. The fourth-order valence-electron chi connectivity index (χ4n) is 2.19. The smallest absolute Gasteiger partial charge is 0.236 e. The van der Waals surface area contributed by atoms with E-state index in [9.17, 15) is 4.79 Å². The summed E-state index contributed by atoms with van der Waals surface area (Å²) in [7, 11) is 0. The molecule has 0 atom stereocenters. The molecule has 86 valence electrons. The number of amides is 1. The molecule has 2 fully saturated rings. The molecule has 0 aromatic heterocycles. The zero-order valence-electron chi connectivity index (χ0n) is 9.28. The standard InChI is InChI=1S/C11H20N2OS/c14-11(13-4-2-1-3-5-13)10-12-6-8-15-9-7-12/h1-10H2. The van der Waals surface area contributed by atoms with Gasteiger partial charge in [-0.2, -0.15) is 11.8 Å². The van der Waals surface area contributed by atoms with E-state index in [4.69, 9.17) is 0 Å². The summed E-state index contributed by atoms with van der Waals surface area (Å²) in [6.07, 6.45) is 3.69. The van der Waals surface area contributed by atoms with Gasteiger partial charge in [0.1, 0.15) is 0 Å². The molecule has 0 aromatic rings. The third-order valence-corrected chi connectivity index (χ3v) is 4.11. The van der Waals surface area contributed by atoms with Gasteiger partial charge in [-0.15, -0.1) is 0 Å². The molecule has 0 aromatic carbocycles. The number of likely N-dealkylation sites (tertiary alicyclic amines) is 1. The van der Waals surface area contributed by atoms with Gasteiger partial charge < -0.3 is 4.90 Å². The Balaban J connectivity index is 1.74. The van der Waals surface area contributed by atoms with Crippen LogP contribution >= 0.6 is 11.8 Å². The number of hydrogen-bond donors (Lipinski definition) is 0. The van der Waals surface area contributed by atoms with Gasteiger partial charge in [-0.05, 0) is 19.3 Å². The van der Waals surface area contributed by atoms with Crippen LogP contribution < -0.4 is 0 Å². The predicted molar refractivity (Wildman–Crippen MR) is 64.2 cm³/mol. The second-order valence-corrected chi connectivity index (χ2v) is 5.55. The van der Waals surface area contributed by atoms with E-state index < -0.39 is 0 Å². The first-order valence-electron chi connectivity index (χ1n) is 5.94. The molecule has 2 aliphatic rings. The van der Waals surface area contributed by atoms with Gasteiger partial charge in [-0.25, -0.2) is 0 Å². The molecule has 3 nitrogen and oxygen atoms in total. The average Bonchev–Trinajstić information content (AvgIpc) is 2.31. The highest BCUT2D eigenvalue weighted by atomic mass is 32.2. The first kappa shape index (κ1) is 11.3. The minimum Gasteiger partial charge on any atom is -0.342 e. The zero-order chi connectivity index (χ0) is 10.5. The number of hydrogen-bond acceptors (Lipinski definition) is 3. The second kappa shape index (κ2) is 5.75. The van der Waals surface area contributed by atoms with Crippen LogP contribution in [0.15, 0.2) is 0 Å². The zero-order valence-corrected chi connectivity index (χ0v) is 10.1. The summed E-state index contributed by atoms with van der Waals surface area (Å²) in [6, 6.07) is 0. The van der Waals surface area contributed by atoms with Gasteiger partial charge in [-0.1, -0.05) is 0 Å². The van der Waals surface area contributed by atoms with Crippen LogP contribution in [0.3, 0.4) is 0 Å². The molecule has 0 spiro atoms. The maximum Gasteiger partial charge on any atom is 0.236 e. The van der Waals surface area contributed by atoms with E-state index >= 15 is 0 Å². The van der Waals surface area contributed by atoms with Crippen LogP contribution in [0.25, 0.3) is 0 Å². The van der Waals surface area contributed by atoms with Gasteiger partial charge in [0.2, 0.25) is 5.91 Å². The average molecular weight is 228 g/mol. The summed E-state index contributed by atoms with van der Waals surface area (Å²) in [6.45, 7) is 4.80. The van der Waals surface area contributed by atoms with Crippen LogP contribution in [0.5, 0.6) is 0 Å². The van der Waals surface area contributed by atoms with Crippen LogP contribution in [0.4, 0.5) is 0 Å². The summed E-state index contributed by atoms with van der Waals surface area (Å²) >= 11 is 1.99. The predicted octanol–water partition coefficient (Wildman–Crippen LogP) is 1.05. The molecule has 0 saturated carbocycles. The van der Waals surface area contributed by atoms with Crippen LogP contribution in [-0.2, 0) is 4.79 Å². The van der Waals surface area contributed by atoms with E-state index in [0.29, 0.717) is 12.5 Å². The van der Waals surface area contributed by atoms with Crippen molar-refractivity contribution < 1.29 is 4.79 Å². The summed E-state index contributed by atoms with van der Waals surface area (Å²) in [5.74, 6) is 2.72. The molecular weight excluding hydrogens is 208 g/mol. The van der Waals surface area contributed by atoms with Crippen molar-refractivity contribution in [1.82, 2.24) is 9.80 Å². The maximum absolute atomic E-state index is 11.9. The van der Waals surface area contributed by atoms with Gasteiger partial charge in [0.05, 0.1) is 6.54 Å². The fourth-order valence-corrected chi connectivity index (χ4v) is 3.17. The lowest BCUT2D eigenvalue weighted by molar-refractivity contribution is -0.133. The molecule has 0 radical (unpaired) electrons. The molecule has 15 heavy (non-hydrogen) atoms. The Morgan fingerprint density at radius 3 is 2.33 bits per heavy atom. The molecule has 0 aliphatic carbocycles. The van der Waals surface area contributed by atoms with Crippen LogP contribution in [0.2, 0.25) is 0 Å². The third-order valence-electron chi connectivity index (χ3n) is 3.17. The van der Waals surface area contributed by atoms with Crippen molar-refractivity contribution in [3.8, 4) is 0 Å².